The first-order valence-corrected chi connectivity index (χ1v) is 4.52. The van der Waals surface area contributed by atoms with Crippen molar-refractivity contribution in [2.45, 2.75) is 0 Å². The highest BCUT2D eigenvalue weighted by Gasteiger charge is 2.02. The van der Waals surface area contributed by atoms with Crippen molar-refractivity contribution in [1.29, 1.82) is 0 Å². The van der Waals surface area contributed by atoms with Gasteiger partial charge in [0.05, 0.1) is 5.69 Å². The number of benzene rings is 1. The van der Waals surface area contributed by atoms with E-state index in [-0.39, 0.29) is 5.69 Å². The van der Waals surface area contributed by atoms with Gasteiger partial charge in [-0.15, -0.1) is 0 Å². The van der Waals surface area contributed by atoms with Crippen molar-refractivity contribution in [2.75, 3.05) is 10.5 Å². The molecule has 0 bridgehead atoms. The Morgan fingerprint density at radius 2 is 2.08 bits per heavy atom. The van der Waals surface area contributed by atoms with E-state index in [2.05, 4.69) is 0 Å². The Morgan fingerprint density at radius 3 is 2.58 bits per heavy atom. The summed E-state index contributed by atoms with van der Waals surface area (Å²) in [5, 5.41) is 0. The van der Waals surface area contributed by atoms with E-state index >= 15 is 0 Å². The molecule has 0 radical (unpaired) electrons. The van der Waals surface area contributed by atoms with E-state index in [4.69, 9.17) is 10.3 Å². The lowest BCUT2D eigenvalue weighted by Gasteiger charge is -2.01. The number of anilines is 2. The van der Waals surface area contributed by atoms with Gasteiger partial charge >= 0.3 is 10.3 Å². The van der Waals surface area contributed by atoms with Crippen molar-refractivity contribution >= 4 is 21.7 Å². The summed E-state index contributed by atoms with van der Waals surface area (Å²) in [6, 6.07) is 6.05. The largest absolute Gasteiger partial charge is 0.399 e. The summed E-state index contributed by atoms with van der Waals surface area (Å²) in [5.41, 5.74) is 6.01. The molecule has 0 atom stereocenters. The van der Waals surface area contributed by atoms with Gasteiger partial charge in [0.15, 0.2) is 0 Å². The summed E-state index contributed by atoms with van der Waals surface area (Å²) in [7, 11) is -4.20. The van der Waals surface area contributed by atoms with Gasteiger partial charge in [-0.25, -0.2) is 0 Å². The fourth-order valence-electron chi connectivity index (χ4n) is 0.751. The number of nitrogen functional groups attached to an aromatic ring is 1. The van der Waals surface area contributed by atoms with Crippen LogP contribution < -0.4 is 10.5 Å². The van der Waals surface area contributed by atoms with E-state index in [1.54, 1.807) is 12.1 Å². The predicted octanol–water partition coefficient (Wildman–Crippen LogP) is 0.484. The van der Waals surface area contributed by atoms with Gasteiger partial charge < -0.3 is 5.73 Å². The topological polar surface area (TPSA) is 92.4 Å². The molecule has 0 aliphatic heterocycles. The molecular weight excluding hydrogens is 180 g/mol. The number of rotatable bonds is 2. The number of nitrogens with two attached hydrogens (primary N) is 1. The molecule has 0 spiro atoms. The minimum Gasteiger partial charge on any atom is -0.399 e. The van der Waals surface area contributed by atoms with E-state index in [1.807, 2.05) is 4.72 Å². The van der Waals surface area contributed by atoms with Crippen LogP contribution in [-0.4, -0.2) is 13.0 Å². The predicted molar refractivity (Wildman–Crippen MR) is 46.0 cm³/mol. The fourth-order valence-corrected chi connectivity index (χ4v) is 1.18. The third-order valence-electron chi connectivity index (χ3n) is 1.13. The minimum absolute atomic E-state index is 0.234. The van der Waals surface area contributed by atoms with E-state index in [9.17, 15) is 8.42 Å². The average molecular weight is 188 g/mol. The first-order valence-electron chi connectivity index (χ1n) is 3.08. The van der Waals surface area contributed by atoms with Crippen LogP contribution >= 0.6 is 0 Å². The lowest BCUT2D eigenvalue weighted by molar-refractivity contribution is 0.490. The molecule has 0 saturated heterocycles. The van der Waals surface area contributed by atoms with Crippen LogP contribution in [0.1, 0.15) is 0 Å². The maximum Gasteiger partial charge on any atom is 0.357 e. The van der Waals surface area contributed by atoms with Gasteiger partial charge in [-0.1, -0.05) is 6.07 Å². The Labute approximate surface area is 70.1 Å². The summed E-state index contributed by atoms with van der Waals surface area (Å²) >= 11 is 0. The summed E-state index contributed by atoms with van der Waals surface area (Å²) in [6.45, 7) is 0. The van der Waals surface area contributed by atoms with Gasteiger partial charge in [-0.05, 0) is 18.2 Å². The van der Waals surface area contributed by atoms with Gasteiger partial charge in [0.2, 0.25) is 0 Å². The van der Waals surface area contributed by atoms with Gasteiger partial charge in [-0.3, -0.25) is 9.27 Å². The van der Waals surface area contributed by atoms with Crippen LogP contribution in [0.2, 0.25) is 0 Å². The van der Waals surface area contributed by atoms with Crippen molar-refractivity contribution in [1.82, 2.24) is 0 Å². The normalized spacial score (nSPS) is 11.1. The highest BCUT2D eigenvalue weighted by atomic mass is 32.2. The summed E-state index contributed by atoms with van der Waals surface area (Å²) in [6.07, 6.45) is 0. The Hall–Kier alpha value is -1.27. The molecule has 0 aliphatic carbocycles. The molecule has 1 rings (SSSR count). The lowest BCUT2D eigenvalue weighted by Crippen LogP contribution is -2.10. The molecule has 0 saturated carbocycles. The highest BCUT2D eigenvalue weighted by Crippen LogP contribution is 2.12. The highest BCUT2D eigenvalue weighted by molar-refractivity contribution is 7.87. The number of hydrogen-bond acceptors (Lipinski definition) is 3. The zero-order valence-electron chi connectivity index (χ0n) is 6.06. The third kappa shape index (κ3) is 2.77. The van der Waals surface area contributed by atoms with Crippen LogP contribution in [0, 0.1) is 0 Å². The first-order chi connectivity index (χ1) is 5.47. The summed E-state index contributed by atoms with van der Waals surface area (Å²) in [5.74, 6) is 0. The lowest BCUT2D eigenvalue weighted by atomic mass is 10.3. The van der Waals surface area contributed by atoms with Crippen LogP contribution in [0.4, 0.5) is 11.4 Å². The number of nitrogens with one attached hydrogen (secondary N) is 1. The molecule has 5 nitrogen and oxygen atoms in total. The molecule has 66 valence electrons. The molecule has 12 heavy (non-hydrogen) atoms. The van der Waals surface area contributed by atoms with Crippen molar-refractivity contribution in [3.63, 3.8) is 0 Å². The standard InChI is InChI=1S/C6H8N2O3S/c7-5-2-1-3-6(4-5)8-12(9,10)11/h1-4,8H,7H2,(H,9,10,11). The monoisotopic (exact) mass is 188 g/mol. The molecule has 1 aromatic carbocycles. The molecule has 4 N–H and O–H groups in total. The van der Waals surface area contributed by atoms with Crippen LogP contribution in [0.5, 0.6) is 0 Å². The van der Waals surface area contributed by atoms with Crippen molar-refractivity contribution in [3.05, 3.63) is 24.3 Å². The second kappa shape index (κ2) is 3.00. The average Bonchev–Trinajstić information content (AvgIpc) is 1.82. The zero-order chi connectivity index (χ0) is 9.19. The molecular formula is C6H8N2O3S. The van der Waals surface area contributed by atoms with E-state index in [0.717, 1.165) is 0 Å². The second-order valence-corrected chi connectivity index (χ2v) is 3.36. The number of hydrogen-bond donors (Lipinski definition) is 3. The molecule has 0 heterocycles. The molecule has 0 fully saturated rings. The van der Waals surface area contributed by atoms with E-state index < -0.39 is 10.3 Å². The van der Waals surface area contributed by atoms with Crippen LogP contribution in [0.3, 0.4) is 0 Å². The fraction of sp³-hybridized carbons (Fsp3) is 0. The van der Waals surface area contributed by atoms with Crippen molar-refractivity contribution in [3.8, 4) is 0 Å². The van der Waals surface area contributed by atoms with Crippen LogP contribution in [0.25, 0.3) is 0 Å². The summed E-state index contributed by atoms with van der Waals surface area (Å²) < 4.78 is 30.9. The molecule has 0 aromatic heterocycles. The van der Waals surface area contributed by atoms with E-state index in [1.165, 1.54) is 12.1 Å². The second-order valence-electron chi connectivity index (χ2n) is 2.20. The van der Waals surface area contributed by atoms with Gasteiger partial charge in [0.25, 0.3) is 0 Å². The smallest absolute Gasteiger partial charge is 0.357 e. The SMILES string of the molecule is Nc1cccc(NS(=O)(=O)O)c1. The quantitative estimate of drug-likeness (QED) is 0.465. The Balaban J connectivity index is 2.91. The third-order valence-corrected chi connectivity index (χ3v) is 1.63. The molecule has 6 heteroatoms. The van der Waals surface area contributed by atoms with Crippen molar-refractivity contribution < 1.29 is 13.0 Å². The molecule has 0 amide bonds. The summed E-state index contributed by atoms with van der Waals surface area (Å²) in [4.78, 5) is 0. The maximum atomic E-state index is 10.3. The van der Waals surface area contributed by atoms with Crippen molar-refractivity contribution in [2.24, 2.45) is 0 Å². The Morgan fingerprint density at radius 1 is 1.42 bits per heavy atom. The minimum atomic E-state index is -4.20. The van der Waals surface area contributed by atoms with Gasteiger partial charge in [-0.2, -0.15) is 8.42 Å². The molecule has 0 unspecified atom stereocenters. The van der Waals surface area contributed by atoms with Crippen LogP contribution in [-0.2, 0) is 10.3 Å². The van der Waals surface area contributed by atoms with Crippen LogP contribution in [0.15, 0.2) is 24.3 Å². The maximum absolute atomic E-state index is 10.3. The Bertz CT molecular complexity index is 374. The zero-order valence-corrected chi connectivity index (χ0v) is 6.88. The first kappa shape index (κ1) is 8.82. The Kier molecular flexibility index (Phi) is 2.20. The van der Waals surface area contributed by atoms with Gasteiger partial charge in [0.1, 0.15) is 0 Å². The van der Waals surface area contributed by atoms with E-state index in [0.29, 0.717) is 5.69 Å². The molecule has 1 aromatic rings. The van der Waals surface area contributed by atoms with Gasteiger partial charge in [0, 0.05) is 5.69 Å². The molecule has 0 aliphatic rings.